The normalized spacial score (nSPS) is 17.5. The summed E-state index contributed by atoms with van der Waals surface area (Å²) in [5.41, 5.74) is 3.72. The van der Waals surface area contributed by atoms with Crippen molar-refractivity contribution < 1.29 is 4.79 Å². The Morgan fingerprint density at radius 2 is 2.08 bits per heavy atom. The van der Waals surface area contributed by atoms with Crippen LogP contribution in [0.3, 0.4) is 0 Å². The first-order valence-corrected chi connectivity index (χ1v) is 8.80. The number of fused-ring (bicyclic) bond motifs is 1. The highest BCUT2D eigenvalue weighted by molar-refractivity contribution is 5.92. The van der Waals surface area contributed by atoms with Crippen LogP contribution in [0, 0.1) is 0 Å². The zero-order valence-corrected chi connectivity index (χ0v) is 14.7. The SMILES string of the molecule is Cn1nnc2cc(NC(=O)NC3CCN(Cc4ccccc4)C3)ccc21. The third-order valence-corrected chi connectivity index (χ3v) is 4.73. The van der Waals surface area contributed by atoms with Crippen molar-refractivity contribution in [2.45, 2.75) is 19.0 Å². The van der Waals surface area contributed by atoms with Crippen molar-refractivity contribution in [2.75, 3.05) is 18.4 Å². The standard InChI is InChI=1S/C19H22N6O/c1-24-18-8-7-15(11-17(18)22-23-24)20-19(26)21-16-9-10-25(13-16)12-14-5-3-2-4-6-14/h2-8,11,16H,9-10,12-13H2,1H3,(H2,20,21,26). The predicted molar refractivity (Wildman–Crippen MR) is 101 cm³/mol. The van der Waals surface area contributed by atoms with E-state index in [0.717, 1.165) is 42.8 Å². The van der Waals surface area contributed by atoms with Gasteiger partial charge in [0.15, 0.2) is 0 Å². The van der Waals surface area contributed by atoms with Crippen molar-refractivity contribution >= 4 is 22.8 Å². The summed E-state index contributed by atoms with van der Waals surface area (Å²) in [6.45, 7) is 2.78. The number of hydrogen-bond donors (Lipinski definition) is 2. The lowest BCUT2D eigenvalue weighted by molar-refractivity contribution is 0.247. The van der Waals surface area contributed by atoms with E-state index < -0.39 is 0 Å². The van der Waals surface area contributed by atoms with Crippen molar-refractivity contribution in [3.8, 4) is 0 Å². The van der Waals surface area contributed by atoms with Gasteiger partial charge >= 0.3 is 6.03 Å². The Kier molecular flexibility index (Phi) is 4.53. The Labute approximate surface area is 152 Å². The highest BCUT2D eigenvalue weighted by atomic mass is 16.2. The Morgan fingerprint density at radius 3 is 2.92 bits per heavy atom. The summed E-state index contributed by atoms with van der Waals surface area (Å²) in [4.78, 5) is 14.7. The molecule has 1 aliphatic rings. The molecule has 134 valence electrons. The fraction of sp³-hybridized carbons (Fsp3) is 0.316. The lowest BCUT2D eigenvalue weighted by Gasteiger charge is -2.17. The summed E-state index contributed by atoms with van der Waals surface area (Å²) >= 11 is 0. The second-order valence-corrected chi connectivity index (χ2v) is 6.72. The predicted octanol–water partition coefficient (Wildman–Crippen LogP) is 2.36. The van der Waals surface area contributed by atoms with Crippen LogP contribution in [0.5, 0.6) is 0 Å². The molecule has 1 fully saturated rings. The summed E-state index contributed by atoms with van der Waals surface area (Å²) in [7, 11) is 1.84. The third kappa shape index (κ3) is 3.67. The molecule has 2 N–H and O–H groups in total. The molecule has 0 aliphatic carbocycles. The number of urea groups is 1. The number of aryl methyl sites for hydroxylation is 1. The van der Waals surface area contributed by atoms with E-state index in [-0.39, 0.29) is 12.1 Å². The smallest absolute Gasteiger partial charge is 0.319 e. The number of carbonyl (C=O) groups excluding carboxylic acids is 1. The Hall–Kier alpha value is -2.93. The second-order valence-electron chi connectivity index (χ2n) is 6.72. The molecule has 0 saturated carbocycles. The quantitative estimate of drug-likeness (QED) is 0.757. The van der Waals surface area contributed by atoms with Gasteiger partial charge in [-0.15, -0.1) is 5.10 Å². The minimum absolute atomic E-state index is 0.166. The first-order chi connectivity index (χ1) is 12.7. The van der Waals surface area contributed by atoms with Gasteiger partial charge in [-0.05, 0) is 30.2 Å². The van der Waals surface area contributed by atoms with Gasteiger partial charge in [-0.2, -0.15) is 0 Å². The van der Waals surface area contributed by atoms with Gasteiger partial charge < -0.3 is 10.6 Å². The summed E-state index contributed by atoms with van der Waals surface area (Å²) in [6, 6.07) is 16.0. The molecule has 1 saturated heterocycles. The van der Waals surface area contributed by atoms with Crippen LogP contribution in [-0.2, 0) is 13.6 Å². The van der Waals surface area contributed by atoms with Crippen LogP contribution < -0.4 is 10.6 Å². The number of aromatic nitrogens is 3. The number of anilines is 1. The highest BCUT2D eigenvalue weighted by Crippen LogP contribution is 2.17. The summed E-state index contributed by atoms with van der Waals surface area (Å²) in [6.07, 6.45) is 0.962. The van der Waals surface area contributed by atoms with E-state index in [9.17, 15) is 4.79 Å². The van der Waals surface area contributed by atoms with Gasteiger partial charge in [0.25, 0.3) is 0 Å². The fourth-order valence-electron chi connectivity index (χ4n) is 3.41. The zero-order chi connectivity index (χ0) is 17.9. The molecule has 1 aliphatic heterocycles. The molecule has 2 amide bonds. The molecule has 3 aromatic rings. The number of nitrogens with zero attached hydrogens (tertiary/aromatic N) is 4. The van der Waals surface area contributed by atoms with Crippen molar-refractivity contribution in [3.63, 3.8) is 0 Å². The number of benzene rings is 2. The number of hydrogen-bond acceptors (Lipinski definition) is 4. The maximum Gasteiger partial charge on any atom is 0.319 e. The third-order valence-electron chi connectivity index (χ3n) is 4.73. The van der Waals surface area contributed by atoms with Crippen LogP contribution in [0.15, 0.2) is 48.5 Å². The van der Waals surface area contributed by atoms with Crippen LogP contribution in [0.25, 0.3) is 11.0 Å². The molecule has 0 spiro atoms. The molecule has 26 heavy (non-hydrogen) atoms. The van der Waals surface area contributed by atoms with Crippen molar-refractivity contribution in [1.82, 2.24) is 25.2 Å². The first kappa shape index (κ1) is 16.5. The largest absolute Gasteiger partial charge is 0.334 e. The minimum atomic E-state index is -0.181. The Balaban J connectivity index is 1.30. The van der Waals surface area contributed by atoms with Gasteiger partial charge in [-0.1, -0.05) is 35.5 Å². The average molecular weight is 350 g/mol. The molecule has 7 heteroatoms. The Morgan fingerprint density at radius 1 is 1.23 bits per heavy atom. The highest BCUT2D eigenvalue weighted by Gasteiger charge is 2.23. The van der Waals surface area contributed by atoms with Crippen LogP contribution in [0.2, 0.25) is 0 Å². The average Bonchev–Trinajstić information content (AvgIpc) is 3.22. The van der Waals surface area contributed by atoms with Gasteiger partial charge in [0, 0.05) is 38.4 Å². The second kappa shape index (κ2) is 7.13. The van der Waals surface area contributed by atoms with Crippen molar-refractivity contribution in [2.24, 2.45) is 7.05 Å². The van der Waals surface area contributed by atoms with E-state index >= 15 is 0 Å². The molecule has 2 aromatic carbocycles. The van der Waals surface area contributed by atoms with E-state index in [1.807, 2.05) is 31.3 Å². The molecular formula is C19H22N6O. The van der Waals surface area contributed by atoms with E-state index in [0.29, 0.717) is 0 Å². The van der Waals surface area contributed by atoms with Crippen LogP contribution in [0.4, 0.5) is 10.5 Å². The molecule has 1 atom stereocenters. The topological polar surface area (TPSA) is 75.1 Å². The molecule has 0 radical (unpaired) electrons. The molecule has 1 aromatic heterocycles. The van der Waals surface area contributed by atoms with E-state index in [1.54, 1.807) is 4.68 Å². The molecular weight excluding hydrogens is 328 g/mol. The van der Waals surface area contributed by atoms with Gasteiger partial charge in [0.05, 0.1) is 5.52 Å². The van der Waals surface area contributed by atoms with Gasteiger partial charge in [0.2, 0.25) is 0 Å². The number of rotatable bonds is 4. The van der Waals surface area contributed by atoms with E-state index in [2.05, 4.69) is 50.1 Å². The molecule has 7 nitrogen and oxygen atoms in total. The Bertz CT molecular complexity index is 907. The molecule has 1 unspecified atom stereocenters. The minimum Gasteiger partial charge on any atom is -0.334 e. The number of nitrogens with one attached hydrogen (secondary N) is 2. The van der Waals surface area contributed by atoms with E-state index in [4.69, 9.17) is 0 Å². The number of carbonyl (C=O) groups is 1. The molecule has 0 bridgehead atoms. The lowest BCUT2D eigenvalue weighted by atomic mass is 10.2. The zero-order valence-electron chi connectivity index (χ0n) is 14.7. The molecule has 2 heterocycles. The molecule has 4 rings (SSSR count). The maximum atomic E-state index is 12.3. The van der Waals surface area contributed by atoms with Crippen molar-refractivity contribution in [3.05, 3.63) is 54.1 Å². The lowest BCUT2D eigenvalue weighted by Crippen LogP contribution is -2.39. The first-order valence-electron chi connectivity index (χ1n) is 8.80. The van der Waals surface area contributed by atoms with Crippen LogP contribution in [0.1, 0.15) is 12.0 Å². The van der Waals surface area contributed by atoms with Crippen molar-refractivity contribution in [1.29, 1.82) is 0 Å². The van der Waals surface area contributed by atoms with Gasteiger partial charge in [0.1, 0.15) is 5.52 Å². The summed E-state index contributed by atoms with van der Waals surface area (Å²) in [5, 5.41) is 14.0. The monoisotopic (exact) mass is 350 g/mol. The van der Waals surface area contributed by atoms with Crippen LogP contribution >= 0.6 is 0 Å². The summed E-state index contributed by atoms with van der Waals surface area (Å²) in [5.74, 6) is 0. The number of amides is 2. The summed E-state index contributed by atoms with van der Waals surface area (Å²) < 4.78 is 1.71. The van der Waals surface area contributed by atoms with E-state index in [1.165, 1.54) is 5.56 Å². The number of likely N-dealkylation sites (tertiary alicyclic amines) is 1. The van der Waals surface area contributed by atoms with Gasteiger partial charge in [-0.3, -0.25) is 4.90 Å². The van der Waals surface area contributed by atoms with Gasteiger partial charge in [-0.25, -0.2) is 9.48 Å². The van der Waals surface area contributed by atoms with Crippen LogP contribution in [-0.4, -0.2) is 45.1 Å². The maximum absolute atomic E-state index is 12.3. The fourth-order valence-corrected chi connectivity index (χ4v) is 3.41.